The summed E-state index contributed by atoms with van der Waals surface area (Å²) in [6, 6.07) is 9.49. The highest BCUT2D eigenvalue weighted by molar-refractivity contribution is 7.93. The van der Waals surface area contributed by atoms with Crippen molar-refractivity contribution >= 4 is 43.8 Å². The summed E-state index contributed by atoms with van der Waals surface area (Å²) in [6.07, 6.45) is 2.16. The van der Waals surface area contributed by atoms with Crippen molar-refractivity contribution in [3.8, 4) is 0 Å². The molecule has 35 heavy (non-hydrogen) atoms. The number of rotatable bonds is 6. The zero-order valence-corrected chi connectivity index (χ0v) is 20.2. The second-order valence-electron chi connectivity index (χ2n) is 8.35. The minimum absolute atomic E-state index is 0. The third kappa shape index (κ3) is 4.86. The molecule has 3 heterocycles. The molecule has 0 saturated carbocycles. The van der Waals surface area contributed by atoms with E-state index in [1.54, 1.807) is 22.4 Å². The number of benzene rings is 2. The summed E-state index contributed by atoms with van der Waals surface area (Å²) in [4.78, 5) is 22.8. The van der Waals surface area contributed by atoms with Gasteiger partial charge in [0.15, 0.2) is 5.13 Å². The number of nitrogens with one attached hydrogen (secondary N) is 1. The summed E-state index contributed by atoms with van der Waals surface area (Å²) in [5.74, 6) is -1.24. The molecule has 0 radical (unpaired) electrons. The molecule has 2 aliphatic heterocycles. The topological polar surface area (TPSA) is 85.9 Å². The molecule has 1 aromatic heterocycles. The van der Waals surface area contributed by atoms with Gasteiger partial charge in [0.05, 0.1) is 16.6 Å². The van der Waals surface area contributed by atoms with Crippen molar-refractivity contribution < 1.29 is 23.4 Å². The fourth-order valence-corrected chi connectivity index (χ4v) is 6.31. The van der Waals surface area contributed by atoms with Gasteiger partial charge in [-0.25, -0.2) is 22.2 Å². The number of carbonyl (C=O) groups is 1. The van der Waals surface area contributed by atoms with E-state index in [0.717, 1.165) is 6.07 Å². The monoisotopic (exact) mass is 521 g/mol. The Hall–Kier alpha value is -3.09. The fraction of sp³-hybridized carbons (Fsp3) is 0.304. The van der Waals surface area contributed by atoms with Gasteiger partial charge in [-0.2, -0.15) is 0 Å². The van der Waals surface area contributed by atoms with Gasteiger partial charge in [-0.3, -0.25) is 14.4 Å². The van der Waals surface area contributed by atoms with Crippen LogP contribution in [-0.2, 0) is 14.8 Å². The molecule has 8 nitrogen and oxygen atoms in total. The van der Waals surface area contributed by atoms with Crippen LogP contribution in [0.3, 0.4) is 0 Å². The summed E-state index contributed by atoms with van der Waals surface area (Å²) in [5.41, 5.74) is 1.00. The molecule has 2 fully saturated rings. The molecular formula is C23H25F2N5O3S2. The lowest BCUT2D eigenvalue weighted by molar-refractivity contribution is -0.121. The van der Waals surface area contributed by atoms with Gasteiger partial charge in [0.2, 0.25) is 5.91 Å². The van der Waals surface area contributed by atoms with Crippen molar-refractivity contribution in [2.24, 2.45) is 0 Å². The van der Waals surface area contributed by atoms with E-state index in [1.807, 2.05) is 4.90 Å². The normalized spacial score (nSPS) is 19.4. The number of nitrogens with zero attached hydrogens (tertiary/aromatic N) is 4. The molecule has 3 aromatic rings. The molecule has 0 unspecified atom stereocenters. The predicted octanol–water partition coefficient (Wildman–Crippen LogP) is 3.40. The number of carbonyl (C=O) groups excluding carboxylic acids is 1. The Labute approximate surface area is 207 Å². The van der Waals surface area contributed by atoms with Gasteiger partial charge in [-0.05, 0) is 42.8 Å². The Morgan fingerprint density at radius 2 is 1.77 bits per heavy atom. The van der Waals surface area contributed by atoms with Gasteiger partial charge >= 0.3 is 0 Å². The van der Waals surface area contributed by atoms with E-state index >= 15 is 0 Å². The Balaban J connectivity index is 0.00000304. The van der Waals surface area contributed by atoms with Gasteiger partial charge in [0, 0.05) is 57.5 Å². The zero-order chi connectivity index (χ0) is 24.6. The standard InChI is InChI=1S/C23H23F2N5O3S2.H2/c24-16-1-6-20(19(25)15-16)28-10-12-29(13-11-28)21-7-9-30(22(21)31)17-2-4-18(5-3-17)35(32,33)27-23-26-8-14-34-23;/h1-6,8,14-15,21H,7,9-13H2,(H,26,27);1H/t21-;/m0./s1. The fourth-order valence-electron chi connectivity index (χ4n) is 4.53. The maximum atomic E-state index is 14.1. The minimum atomic E-state index is -3.76. The van der Waals surface area contributed by atoms with Crippen molar-refractivity contribution in [1.29, 1.82) is 0 Å². The van der Waals surface area contributed by atoms with Crippen LogP contribution >= 0.6 is 11.3 Å². The van der Waals surface area contributed by atoms with Crippen LogP contribution in [0.2, 0.25) is 0 Å². The van der Waals surface area contributed by atoms with E-state index in [0.29, 0.717) is 50.5 Å². The number of amides is 1. The molecule has 1 amide bonds. The number of piperazine rings is 1. The molecule has 0 spiro atoms. The molecule has 2 aliphatic rings. The van der Waals surface area contributed by atoms with E-state index in [2.05, 4.69) is 14.6 Å². The smallest absolute Gasteiger partial charge is 0.263 e. The number of thiazole rings is 1. The summed E-state index contributed by atoms with van der Waals surface area (Å²) in [5, 5.41) is 1.96. The maximum absolute atomic E-state index is 14.1. The molecule has 0 bridgehead atoms. The van der Waals surface area contributed by atoms with Crippen molar-refractivity contribution in [2.45, 2.75) is 17.4 Å². The third-order valence-corrected chi connectivity index (χ3v) is 8.47. The molecule has 0 aliphatic carbocycles. The second-order valence-corrected chi connectivity index (χ2v) is 10.9. The first kappa shape index (κ1) is 23.6. The molecule has 1 N–H and O–H groups in total. The molecular weight excluding hydrogens is 496 g/mol. The predicted molar refractivity (Wildman–Crippen MR) is 132 cm³/mol. The summed E-state index contributed by atoms with van der Waals surface area (Å²) in [6.45, 7) is 2.76. The van der Waals surface area contributed by atoms with Crippen molar-refractivity contribution in [1.82, 2.24) is 9.88 Å². The van der Waals surface area contributed by atoms with E-state index in [4.69, 9.17) is 0 Å². The maximum Gasteiger partial charge on any atom is 0.263 e. The first-order valence-corrected chi connectivity index (χ1v) is 13.5. The highest BCUT2D eigenvalue weighted by Gasteiger charge is 2.38. The van der Waals surface area contributed by atoms with Crippen LogP contribution < -0.4 is 14.5 Å². The van der Waals surface area contributed by atoms with Gasteiger partial charge < -0.3 is 9.80 Å². The van der Waals surface area contributed by atoms with Crippen LogP contribution in [0.1, 0.15) is 7.85 Å². The Morgan fingerprint density at radius 3 is 2.43 bits per heavy atom. The summed E-state index contributed by atoms with van der Waals surface area (Å²) in [7, 11) is -3.76. The van der Waals surface area contributed by atoms with E-state index in [1.165, 1.54) is 41.8 Å². The highest BCUT2D eigenvalue weighted by Crippen LogP contribution is 2.28. The van der Waals surface area contributed by atoms with Crippen LogP contribution in [0.15, 0.2) is 58.9 Å². The number of hydrogen-bond donors (Lipinski definition) is 1. The summed E-state index contributed by atoms with van der Waals surface area (Å²) >= 11 is 1.19. The number of anilines is 3. The number of sulfonamides is 1. The zero-order valence-electron chi connectivity index (χ0n) is 18.6. The van der Waals surface area contributed by atoms with E-state index in [-0.39, 0.29) is 23.4 Å². The molecule has 5 rings (SSSR count). The summed E-state index contributed by atoms with van der Waals surface area (Å²) < 4.78 is 54.9. The van der Waals surface area contributed by atoms with Crippen LogP contribution in [0.4, 0.5) is 25.3 Å². The van der Waals surface area contributed by atoms with Crippen molar-refractivity contribution in [3.05, 3.63) is 65.7 Å². The van der Waals surface area contributed by atoms with Crippen LogP contribution in [-0.4, -0.2) is 63.0 Å². The van der Waals surface area contributed by atoms with Crippen molar-refractivity contribution in [3.63, 3.8) is 0 Å². The van der Waals surface area contributed by atoms with Crippen LogP contribution in [0.25, 0.3) is 0 Å². The molecule has 186 valence electrons. The average molecular weight is 522 g/mol. The lowest BCUT2D eigenvalue weighted by Gasteiger charge is -2.38. The van der Waals surface area contributed by atoms with Gasteiger partial charge in [-0.15, -0.1) is 11.3 Å². The average Bonchev–Trinajstić information content (AvgIpc) is 3.48. The quantitative estimate of drug-likeness (QED) is 0.535. The Bertz CT molecular complexity index is 1320. The van der Waals surface area contributed by atoms with Gasteiger partial charge in [-0.1, -0.05) is 0 Å². The molecule has 2 aromatic carbocycles. The molecule has 2 saturated heterocycles. The number of halogens is 2. The Morgan fingerprint density at radius 1 is 1.03 bits per heavy atom. The minimum Gasteiger partial charge on any atom is -0.367 e. The second kappa shape index (κ2) is 9.51. The third-order valence-electron chi connectivity index (χ3n) is 6.30. The highest BCUT2D eigenvalue weighted by atomic mass is 32.2. The van der Waals surface area contributed by atoms with E-state index in [9.17, 15) is 22.0 Å². The largest absolute Gasteiger partial charge is 0.367 e. The number of hydrogen-bond acceptors (Lipinski definition) is 7. The number of aromatic nitrogens is 1. The van der Waals surface area contributed by atoms with Crippen molar-refractivity contribution in [2.75, 3.05) is 47.2 Å². The van der Waals surface area contributed by atoms with Gasteiger partial charge in [0.25, 0.3) is 10.0 Å². The van der Waals surface area contributed by atoms with Crippen LogP contribution in [0.5, 0.6) is 0 Å². The Kier molecular flexibility index (Phi) is 6.43. The van der Waals surface area contributed by atoms with Gasteiger partial charge in [0.1, 0.15) is 11.6 Å². The lowest BCUT2D eigenvalue weighted by Crippen LogP contribution is -2.52. The van der Waals surface area contributed by atoms with E-state index < -0.39 is 21.7 Å². The SMILES string of the molecule is O=C1[C@@H](N2CCN(c3ccc(F)cc3F)CC2)CCN1c1ccc(S(=O)(=O)Nc2nccs2)cc1.[HH]. The lowest BCUT2D eigenvalue weighted by atomic mass is 10.1. The first-order chi connectivity index (χ1) is 16.8. The molecule has 1 atom stereocenters. The van der Waals surface area contributed by atoms with Crippen LogP contribution in [0, 0.1) is 11.6 Å². The molecule has 12 heteroatoms. The first-order valence-electron chi connectivity index (χ1n) is 11.1.